The third-order valence-corrected chi connectivity index (χ3v) is 3.14. The highest BCUT2D eigenvalue weighted by atomic mass is 19.1. The minimum atomic E-state index is -0.797. The SMILES string of the molecule is Cc1ccc(F)c(NC(=O)C(C)Oc2cccc(CO)c2)c1. The fourth-order valence-corrected chi connectivity index (χ4v) is 1.94. The summed E-state index contributed by atoms with van der Waals surface area (Å²) in [6.07, 6.45) is -0.797. The molecule has 2 aromatic carbocycles. The van der Waals surface area contributed by atoms with Gasteiger partial charge in [0.05, 0.1) is 12.3 Å². The first-order valence-corrected chi connectivity index (χ1v) is 6.93. The van der Waals surface area contributed by atoms with Crippen LogP contribution in [-0.2, 0) is 11.4 Å². The fraction of sp³-hybridized carbons (Fsp3) is 0.235. The molecule has 1 amide bonds. The average molecular weight is 303 g/mol. The number of rotatable bonds is 5. The van der Waals surface area contributed by atoms with Crippen molar-refractivity contribution in [2.75, 3.05) is 5.32 Å². The maximum atomic E-state index is 13.6. The van der Waals surface area contributed by atoms with Crippen LogP contribution in [0.25, 0.3) is 0 Å². The molecule has 22 heavy (non-hydrogen) atoms. The third kappa shape index (κ3) is 4.05. The summed E-state index contributed by atoms with van der Waals surface area (Å²) < 4.78 is 19.2. The van der Waals surface area contributed by atoms with Crippen LogP contribution in [0.15, 0.2) is 42.5 Å². The van der Waals surface area contributed by atoms with E-state index in [0.717, 1.165) is 5.56 Å². The van der Waals surface area contributed by atoms with E-state index in [1.165, 1.54) is 6.07 Å². The first-order chi connectivity index (χ1) is 10.5. The second kappa shape index (κ2) is 7.04. The van der Waals surface area contributed by atoms with Crippen LogP contribution in [0.4, 0.5) is 10.1 Å². The molecule has 0 fully saturated rings. The van der Waals surface area contributed by atoms with Gasteiger partial charge in [0.15, 0.2) is 6.10 Å². The van der Waals surface area contributed by atoms with E-state index in [4.69, 9.17) is 9.84 Å². The molecule has 1 atom stereocenters. The Morgan fingerprint density at radius 2 is 2.09 bits per heavy atom. The summed E-state index contributed by atoms with van der Waals surface area (Å²) in [4.78, 5) is 12.1. The van der Waals surface area contributed by atoms with Gasteiger partial charge >= 0.3 is 0 Å². The number of aliphatic hydroxyl groups is 1. The van der Waals surface area contributed by atoms with Crippen molar-refractivity contribution in [3.63, 3.8) is 0 Å². The highest BCUT2D eigenvalue weighted by Crippen LogP contribution is 2.18. The number of anilines is 1. The highest BCUT2D eigenvalue weighted by molar-refractivity contribution is 5.94. The van der Waals surface area contributed by atoms with E-state index in [1.54, 1.807) is 43.3 Å². The molecule has 0 aliphatic carbocycles. The van der Waals surface area contributed by atoms with Crippen molar-refractivity contribution in [3.05, 3.63) is 59.4 Å². The van der Waals surface area contributed by atoms with Crippen LogP contribution in [0.3, 0.4) is 0 Å². The molecule has 4 nitrogen and oxygen atoms in total. The lowest BCUT2D eigenvalue weighted by atomic mass is 10.2. The van der Waals surface area contributed by atoms with Gasteiger partial charge in [0.25, 0.3) is 5.91 Å². The second-order valence-electron chi connectivity index (χ2n) is 5.04. The van der Waals surface area contributed by atoms with Crippen molar-refractivity contribution in [2.24, 2.45) is 0 Å². The first-order valence-electron chi connectivity index (χ1n) is 6.93. The standard InChI is InChI=1S/C17H18FNO3/c1-11-6-7-15(18)16(8-11)19-17(21)12(2)22-14-5-3-4-13(9-14)10-20/h3-9,12,20H,10H2,1-2H3,(H,19,21). The Morgan fingerprint density at radius 3 is 2.82 bits per heavy atom. The number of ether oxygens (including phenoxy) is 1. The lowest BCUT2D eigenvalue weighted by Crippen LogP contribution is -2.30. The minimum Gasteiger partial charge on any atom is -0.481 e. The highest BCUT2D eigenvalue weighted by Gasteiger charge is 2.16. The lowest BCUT2D eigenvalue weighted by Gasteiger charge is -2.15. The van der Waals surface area contributed by atoms with Gasteiger partial charge in [-0.15, -0.1) is 0 Å². The molecular weight excluding hydrogens is 285 g/mol. The van der Waals surface area contributed by atoms with Crippen molar-refractivity contribution < 1.29 is 19.0 Å². The van der Waals surface area contributed by atoms with Gasteiger partial charge in [0.2, 0.25) is 0 Å². The largest absolute Gasteiger partial charge is 0.481 e. The molecule has 0 spiro atoms. The number of carbonyl (C=O) groups excluding carboxylic acids is 1. The Labute approximate surface area is 128 Å². The minimum absolute atomic E-state index is 0.105. The Kier molecular flexibility index (Phi) is 5.12. The number of carbonyl (C=O) groups is 1. The fourth-order valence-electron chi connectivity index (χ4n) is 1.94. The van der Waals surface area contributed by atoms with E-state index in [9.17, 15) is 9.18 Å². The topological polar surface area (TPSA) is 58.6 Å². The predicted molar refractivity (Wildman–Crippen MR) is 82.2 cm³/mol. The van der Waals surface area contributed by atoms with Gasteiger partial charge in [0.1, 0.15) is 11.6 Å². The molecular formula is C17H18FNO3. The zero-order valence-electron chi connectivity index (χ0n) is 12.5. The zero-order chi connectivity index (χ0) is 16.1. The lowest BCUT2D eigenvalue weighted by molar-refractivity contribution is -0.122. The number of hydrogen-bond acceptors (Lipinski definition) is 3. The van der Waals surface area contributed by atoms with Crippen LogP contribution in [0, 0.1) is 12.7 Å². The Morgan fingerprint density at radius 1 is 1.32 bits per heavy atom. The Hall–Kier alpha value is -2.40. The van der Waals surface area contributed by atoms with Crippen LogP contribution in [0.2, 0.25) is 0 Å². The van der Waals surface area contributed by atoms with E-state index >= 15 is 0 Å². The number of benzene rings is 2. The quantitative estimate of drug-likeness (QED) is 0.892. The van der Waals surface area contributed by atoms with Crippen molar-refractivity contribution >= 4 is 11.6 Å². The van der Waals surface area contributed by atoms with Gasteiger partial charge in [-0.1, -0.05) is 18.2 Å². The summed E-state index contributed by atoms with van der Waals surface area (Å²) in [5.41, 5.74) is 1.67. The molecule has 1 unspecified atom stereocenters. The molecule has 5 heteroatoms. The molecule has 0 saturated heterocycles. The molecule has 0 heterocycles. The van der Waals surface area contributed by atoms with Gasteiger partial charge < -0.3 is 15.2 Å². The van der Waals surface area contributed by atoms with E-state index in [2.05, 4.69) is 5.32 Å². The van der Waals surface area contributed by atoms with Crippen molar-refractivity contribution in [1.29, 1.82) is 0 Å². The number of amides is 1. The van der Waals surface area contributed by atoms with Gasteiger partial charge in [-0.3, -0.25) is 4.79 Å². The number of aryl methyl sites for hydroxylation is 1. The summed E-state index contributed by atoms with van der Waals surface area (Å²) in [7, 11) is 0. The Bertz CT molecular complexity index is 673. The summed E-state index contributed by atoms with van der Waals surface area (Å²) in [5.74, 6) is -0.466. The van der Waals surface area contributed by atoms with Crippen LogP contribution in [0.5, 0.6) is 5.75 Å². The van der Waals surface area contributed by atoms with Crippen molar-refractivity contribution in [1.82, 2.24) is 0 Å². The number of halogens is 1. The Balaban J connectivity index is 2.04. The summed E-state index contributed by atoms with van der Waals surface area (Å²) >= 11 is 0. The average Bonchev–Trinajstić information content (AvgIpc) is 2.51. The normalized spacial score (nSPS) is 11.8. The predicted octanol–water partition coefficient (Wildman–Crippen LogP) is 3.03. The maximum absolute atomic E-state index is 13.6. The molecule has 0 aliphatic rings. The van der Waals surface area contributed by atoms with Crippen LogP contribution in [0.1, 0.15) is 18.1 Å². The summed E-state index contributed by atoms with van der Waals surface area (Å²) in [5, 5.41) is 11.6. The van der Waals surface area contributed by atoms with Crippen LogP contribution in [-0.4, -0.2) is 17.1 Å². The number of aliphatic hydroxyl groups excluding tert-OH is 1. The molecule has 0 aliphatic heterocycles. The van der Waals surface area contributed by atoms with Crippen molar-refractivity contribution in [2.45, 2.75) is 26.6 Å². The first kappa shape index (κ1) is 16.0. The molecule has 2 aromatic rings. The van der Waals surface area contributed by atoms with E-state index in [0.29, 0.717) is 11.3 Å². The smallest absolute Gasteiger partial charge is 0.265 e. The van der Waals surface area contributed by atoms with E-state index in [-0.39, 0.29) is 12.3 Å². The van der Waals surface area contributed by atoms with Crippen molar-refractivity contribution in [3.8, 4) is 5.75 Å². The van der Waals surface area contributed by atoms with Gasteiger partial charge in [-0.25, -0.2) is 4.39 Å². The molecule has 2 rings (SSSR count). The zero-order valence-corrected chi connectivity index (χ0v) is 12.5. The van der Waals surface area contributed by atoms with Crippen LogP contribution >= 0.6 is 0 Å². The molecule has 116 valence electrons. The molecule has 2 N–H and O–H groups in total. The number of nitrogens with one attached hydrogen (secondary N) is 1. The molecule has 0 saturated carbocycles. The molecule has 0 aromatic heterocycles. The van der Waals surface area contributed by atoms with Gasteiger partial charge in [-0.05, 0) is 49.2 Å². The molecule has 0 bridgehead atoms. The maximum Gasteiger partial charge on any atom is 0.265 e. The van der Waals surface area contributed by atoms with E-state index < -0.39 is 17.8 Å². The second-order valence-corrected chi connectivity index (χ2v) is 5.04. The summed E-state index contributed by atoms with van der Waals surface area (Å²) in [6.45, 7) is 3.29. The summed E-state index contributed by atoms with van der Waals surface area (Å²) in [6, 6.07) is 11.3. The number of hydrogen-bond donors (Lipinski definition) is 2. The monoisotopic (exact) mass is 303 g/mol. The molecule has 0 radical (unpaired) electrons. The van der Waals surface area contributed by atoms with E-state index in [1.807, 2.05) is 6.92 Å². The van der Waals surface area contributed by atoms with Gasteiger partial charge in [0, 0.05) is 0 Å². The van der Waals surface area contributed by atoms with Crippen LogP contribution < -0.4 is 10.1 Å². The third-order valence-electron chi connectivity index (χ3n) is 3.14. The van der Waals surface area contributed by atoms with Gasteiger partial charge in [-0.2, -0.15) is 0 Å².